The zero-order chi connectivity index (χ0) is 14.2. The van der Waals surface area contributed by atoms with Gasteiger partial charge in [0.1, 0.15) is 5.82 Å². The first kappa shape index (κ1) is 15.2. The summed E-state index contributed by atoms with van der Waals surface area (Å²) < 4.78 is 0. The second-order valence-electron chi connectivity index (χ2n) is 4.53. The van der Waals surface area contributed by atoms with Gasteiger partial charge in [-0.2, -0.15) is 11.8 Å². The molecule has 1 aromatic carbocycles. The third-order valence-electron chi connectivity index (χ3n) is 2.83. The number of rotatable bonds is 7. The minimum absolute atomic E-state index is 0.743. The van der Waals surface area contributed by atoms with Crippen LogP contribution in [0.4, 0.5) is 5.82 Å². The quantitative estimate of drug-likeness (QED) is 0.780. The first-order chi connectivity index (χ1) is 9.79. The highest BCUT2D eigenvalue weighted by Gasteiger charge is 2.04. The van der Waals surface area contributed by atoms with Gasteiger partial charge in [0.2, 0.25) is 0 Å². The predicted octanol–water partition coefficient (Wildman–Crippen LogP) is 4.99. The van der Waals surface area contributed by atoms with E-state index in [9.17, 15) is 0 Å². The Bertz CT molecular complexity index is 531. The predicted molar refractivity (Wildman–Crippen MR) is 89.5 cm³/mol. The normalized spacial score (nSPS) is 10.5. The number of hydrogen-bond acceptors (Lipinski definition) is 3. The van der Waals surface area contributed by atoms with Crippen LogP contribution in [0.15, 0.2) is 42.5 Å². The first-order valence-corrected chi connectivity index (χ1v) is 8.34. The Labute approximate surface area is 130 Å². The molecule has 4 heteroatoms. The zero-order valence-corrected chi connectivity index (χ0v) is 13.2. The standard InChI is InChI=1S/C16H19ClN2S/c1-2-10-18-16-9-8-14(17)15(19-16)12-20-11-13-6-4-3-5-7-13/h3-9H,2,10-12H2,1H3,(H,18,19). The van der Waals surface area contributed by atoms with Gasteiger partial charge in [-0.25, -0.2) is 4.98 Å². The molecule has 106 valence electrons. The molecule has 2 aromatic rings. The van der Waals surface area contributed by atoms with Crippen LogP contribution in [0.1, 0.15) is 24.6 Å². The van der Waals surface area contributed by atoms with Gasteiger partial charge in [0.05, 0.1) is 10.7 Å². The largest absolute Gasteiger partial charge is 0.370 e. The molecule has 1 aromatic heterocycles. The van der Waals surface area contributed by atoms with E-state index in [1.165, 1.54) is 5.56 Å². The SMILES string of the molecule is CCCNc1ccc(Cl)c(CSCc2ccccc2)n1. The lowest BCUT2D eigenvalue weighted by atomic mass is 10.2. The highest BCUT2D eigenvalue weighted by atomic mass is 35.5. The van der Waals surface area contributed by atoms with Gasteiger partial charge in [0.25, 0.3) is 0 Å². The number of benzene rings is 1. The number of aromatic nitrogens is 1. The topological polar surface area (TPSA) is 24.9 Å². The highest BCUT2D eigenvalue weighted by Crippen LogP contribution is 2.23. The molecule has 1 heterocycles. The lowest BCUT2D eigenvalue weighted by molar-refractivity contribution is 0.965. The second kappa shape index (κ2) is 8.18. The number of halogens is 1. The maximum atomic E-state index is 6.21. The number of nitrogens with one attached hydrogen (secondary N) is 1. The fourth-order valence-electron chi connectivity index (χ4n) is 1.78. The van der Waals surface area contributed by atoms with Crippen LogP contribution in [-0.2, 0) is 11.5 Å². The molecule has 0 saturated heterocycles. The maximum absolute atomic E-state index is 6.21. The van der Waals surface area contributed by atoms with Gasteiger partial charge in [-0.1, -0.05) is 48.9 Å². The number of anilines is 1. The van der Waals surface area contributed by atoms with E-state index in [1.54, 1.807) is 0 Å². The summed E-state index contributed by atoms with van der Waals surface area (Å²) in [6.07, 6.45) is 1.09. The molecule has 2 rings (SSSR count). The molecule has 0 spiro atoms. The number of thioether (sulfide) groups is 1. The van der Waals surface area contributed by atoms with Crippen LogP contribution in [0.3, 0.4) is 0 Å². The van der Waals surface area contributed by atoms with Gasteiger partial charge in [0.15, 0.2) is 0 Å². The van der Waals surface area contributed by atoms with E-state index in [1.807, 2.05) is 30.0 Å². The summed E-state index contributed by atoms with van der Waals surface area (Å²) in [6, 6.07) is 14.3. The van der Waals surface area contributed by atoms with Crippen LogP contribution in [0, 0.1) is 0 Å². The van der Waals surface area contributed by atoms with E-state index >= 15 is 0 Å². The Morgan fingerprint density at radius 3 is 2.65 bits per heavy atom. The van der Waals surface area contributed by atoms with Crippen molar-refractivity contribution in [2.75, 3.05) is 11.9 Å². The van der Waals surface area contributed by atoms with Crippen LogP contribution in [-0.4, -0.2) is 11.5 Å². The molecule has 20 heavy (non-hydrogen) atoms. The Hall–Kier alpha value is -1.19. The molecule has 2 nitrogen and oxygen atoms in total. The highest BCUT2D eigenvalue weighted by molar-refractivity contribution is 7.97. The Morgan fingerprint density at radius 1 is 1.10 bits per heavy atom. The fraction of sp³-hybridized carbons (Fsp3) is 0.312. The lowest BCUT2D eigenvalue weighted by Crippen LogP contribution is -2.03. The summed E-state index contributed by atoms with van der Waals surface area (Å²) in [5, 5.41) is 4.03. The summed E-state index contributed by atoms with van der Waals surface area (Å²) in [5.41, 5.74) is 2.28. The molecule has 0 saturated carbocycles. The average molecular weight is 307 g/mol. The minimum atomic E-state index is 0.743. The second-order valence-corrected chi connectivity index (χ2v) is 5.92. The molecule has 0 bridgehead atoms. The molecular formula is C16H19ClN2S. The third-order valence-corrected chi connectivity index (χ3v) is 4.18. The smallest absolute Gasteiger partial charge is 0.126 e. The van der Waals surface area contributed by atoms with E-state index in [0.717, 1.165) is 41.0 Å². The maximum Gasteiger partial charge on any atom is 0.126 e. The van der Waals surface area contributed by atoms with Crippen LogP contribution >= 0.6 is 23.4 Å². The molecule has 0 amide bonds. The van der Waals surface area contributed by atoms with E-state index in [4.69, 9.17) is 11.6 Å². The van der Waals surface area contributed by atoms with Crippen molar-refractivity contribution in [3.8, 4) is 0 Å². The van der Waals surface area contributed by atoms with Crippen molar-refractivity contribution in [3.63, 3.8) is 0 Å². The van der Waals surface area contributed by atoms with Crippen LogP contribution in [0.5, 0.6) is 0 Å². The summed E-state index contributed by atoms with van der Waals surface area (Å²) in [5.74, 6) is 2.72. The monoisotopic (exact) mass is 306 g/mol. The van der Waals surface area contributed by atoms with E-state index in [0.29, 0.717) is 0 Å². The fourth-order valence-corrected chi connectivity index (χ4v) is 2.97. The van der Waals surface area contributed by atoms with Crippen molar-refractivity contribution < 1.29 is 0 Å². The summed E-state index contributed by atoms with van der Waals surface area (Å²) >= 11 is 8.04. The van der Waals surface area contributed by atoms with Gasteiger partial charge in [-0.3, -0.25) is 0 Å². The van der Waals surface area contributed by atoms with Gasteiger partial charge in [0, 0.05) is 18.1 Å². The van der Waals surface area contributed by atoms with Crippen molar-refractivity contribution in [3.05, 3.63) is 58.7 Å². The van der Waals surface area contributed by atoms with Gasteiger partial charge < -0.3 is 5.32 Å². The molecular weight excluding hydrogens is 288 g/mol. The van der Waals surface area contributed by atoms with Crippen molar-refractivity contribution >= 4 is 29.2 Å². The first-order valence-electron chi connectivity index (χ1n) is 6.80. The van der Waals surface area contributed by atoms with E-state index < -0.39 is 0 Å². The summed E-state index contributed by atoms with van der Waals surface area (Å²) in [7, 11) is 0. The third kappa shape index (κ3) is 4.73. The minimum Gasteiger partial charge on any atom is -0.370 e. The molecule has 0 radical (unpaired) electrons. The van der Waals surface area contributed by atoms with Crippen LogP contribution in [0.25, 0.3) is 0 Å². The summed E-state index contributed by atoms with van der Waals surface area (Å²) in [4.78, 5) is 4.58. The molecule has 0 fully saturated rings. The summed E-state index contributed by atoms with van der Waals surface area (Å²) in [6.45, 7) is 3.07. The number of nitrogens with zero attached hydrogens (tertiary/aromatic N) is 1. The molecule has 0 atom stereocenters. The van der Waals surface area contributed by atoms with Crippen molar-refractivity contribution in [2.24, 2.45) is 0 Å². The number of pyridine rings is 1. The van der Waals surface area contributed by atoms with Crippen molar-refractivity contribution in [2.45, 2.75) is 24.9 Å². The van der Waals surface area contributed by atoms with Crippen LogP contribution in [0.2, 0.25) is 5.02 Å². The van der Waals surface area contributed by atoms with Crippen molar-refractivity contribution in [1.82, 2.24) is 4.98 Å². The van der Waals surface area contributed by atoms with E-state index in [2.05, 4.69) is 41.5 Å². The molecule has 0 aliphatic carbocycles. The lowest BCUT2D eigenvalue weighted by Gasteiger charge is -2.08. The molecule has 0 aliphatic heterocycles. The van der Waals surface area contributed by atoms with Crippen LogP contribution < -0.4 is 5.32 Å². The Kier molecular flexibility index (Phi) is 6.22. The Balaban J connectivity index is 1.91. The molecule has 0 aliphatic rings. The van der Waals surface area contributed by atoms with Crippen molar-refractivity contribution in [1.29, 1.82) is 0 Å². The van der Waals surface area contributed by atoms with Gasteiger partial charge >= 0.3 is 0 Å². The van der Waals surface area contributed by atoms with E-state index in [-0.39, 0.29) is 0 Å². The Morgan fingerprint density at radius 2 is 1.90 bits per heavy atom. The van der Waals surface area contributed by atoms with Gasteiger partial charge in [-0.15, -0.1) is 0 Å². The average Bonchev–Trinajstić information content (AvgIpc) is 2.49. The zero-order valence-electron chi connectivity index (χ0n) is 11.6. The number of hydrogen-bond donors (Lipinski definition) is 1. The van der Waals surface area contributed by atoms with Gasteiger partial charge in [-0.05, 0) is 24.1 Å². The molecule has 1 N–H and O–H groups in total. The molecule has 0 unspecified atom stereocenters.